The highest BCUT2D eigenvalue weighted by atomic mass is 32.2. The Kier molecular flexibility index (Phi) is 6.24. The first-order valence-electron chi connectivity index (χ1n) is 10.3. The number of anilines is 1. The van der Waals surface area contributed by atoms with Crippen LogP contribution in [-0.4, -0.2) is 27.9 Å². The van der Waals surface area contributed by atoms with Crippen molar-refractivity contribution in [2.24, 2.45) is 0 Å². The number of hydrogen-bond acceptors (Lipinski definition) is 6. The lowest BCUT2D eigenvalue weighted by molar-refractivity contribution is -0.137. The molecule has 8 nitrogen and oxygen atoms in total. The number of hydrogen-bond donors (Lipinski definition) is 1. The summed E-state index contributed by atoms with van der Waals surface area (Å²) in [6, 6.07) is 11.0. The average molecular weight is 504 g/mol. The minimum absolute atomic E-state index is 0.152. The van der Waals surface area contributed by atoms with Crippen LogP contribution in [0.4, 0.5) is 18.9 Å². The van der Waals surface area contributed by atoms with Crippen LogP contribution in [-0.2, 0) is 16.2 Å². The van der Waals surface area contributed by atoms with Gasteiger partial charge in [0.25, 0.3) is 10.0 Å². The molecule has 0 aliphatic heterocycles. The van der Waals surface area contributed by atoms with E-state index in [1.165, 1.54) is 24.3 Å². The summed E-state index contributed by atoms with van der Waals surface area (Å²) in [6.45, 7) is 5.53. The highest BCUT2D eigenvalue weighted by Crippen LogP contribution is 2.31. The van der Waals surface area contributed by atoms with Gasteiger partial charge >= 0.3 is 6.18 Å². The van der Waals surface area contributed by atoms with Gasteiger partial charge in [0.15, 0.2) is 0 Å². The van der Waals surface area contributed by atoms with Crippen molar-refractivity contribution in [3.8, 4) is 17.4 Å². The molecule has 4 rings (SSSR count). The van der Waals surface area contributed by atoms with Crippen molar-refractivity contribution in [3.63, 3.8) is 0 Å². The number of nitrogens with one attached hydrogen (secondary N) is 1. The van der Waals surface area contributed by atoms with Gasteiger partial charge in [0.05, 0.1) is 16.2 Å². The summed E-state index contributed by atoms with van der Waals surface area (Å²) in [7, 11) is -4.23. The van der Waals surface area contributed by atoms with E-state index in [1.54, 1.807) is 19.3 Å². The fourth-order valence-electron chi connectivity index (χ4n) is 3.20. The van der Waals surface area contributed by atoms with Gasteiger partial charge in [-0.1, -0.05) is 6.07 Å². The van der Waals surface area contributed by atoms with Crippen LogP contribution in [0.25, 0.3) is 5.82 Å². The molecule has 0 atom stereocenters. The summed E-state index contributed by atoms with van der Waals surface area (Å²) in [6.07, 6.45) is -3.00. The Bertz CT molecular complexity index is 1480. The van der Waals surface area contributed by atoms with E-state index in [2.05, 4.69) is 19.7 Å². The highest BCUT2D eigenvalue weighted by molar-refractivity contribution is 7.92. The Morgan fingerprint density at radius 1 is 0.971 bits per heavy atom. The number of ether oxygens (including phenoxy) is 1. The van der Waals surface area contributed by atoms with Crippen molar-refractivity contribution >= 4 is 15.7 Å². The van der Waals surface area contributed by atoms with Crippen LogP contribution < -0.4 is 9.46 Å². The molecule has 35 heavy (non-hydrogen) atoms. The van der Waals surface area contributed by atoms with Crippen molar-refractivity contribution in [3.05, 3.63) is 83.7 Å². The summed E-state index contributed by atoms with van der Waals surface area (Å²) < 4.78 is 73.8. The Labute approximate surface area is 199 Å². The van der Waals surface area contributed by atoms with E-state index in [-0.39, 0.29) is 11.6 Å². The predicted molar refractivity (Wildman–Crippen MR) is 122 cm³/mol. The third-order valence-corrected chi connectivity index (χ3v) is 6.48. The molecular formula is C23H20F3N5O3S. The number of aromatic nitrogens is 4. The average Bonchev–Trinajstić information content (AvgIpc) is 3.12. The summed E-state index contributed by atoms with van der Waals surface area (Å²) in [5.41, 5.74) is 0.891. The third kappa shape index (κ3) is 5.43. The standard InChI is InChI=1S/C23H20F3N5O3S/c1-14-15(2)31(13-27-14)21-12-22(29-16(3)28-21)34-19-9-7-18(8-10-19)30-35(32,33)20-6-4-5-17(11-20)23(24,25)26/h4-13,30H,1-3H3. The second-order valence-corrected chi connectivity index (χ2v) is 9.34. The largest absolute Gasteiger partial charge is 0.439 e. The molecule has 2 aromatic carbocycles. The van der Waals surface area contributed by atoms with Crippen LogP contribution in [0.15, 0.2) is 65.8 Å². The fourth-order valence-corrected chi connectivity index (χ4v) is 4.30. The van der Waals surface area contributed by atoms with E-state index in [0.29, 0.717) is 23.5 Å². The van der Waals surface area contributed by atoms with Gasteiger partial charge in [-0.25, -0.2) is 18.4 Å². The molecule has 0 aliphatic carbocycles. The molecule has 12 heteroatoms. The second-order valence-electron chi connectivity index (χ2n) is 7.65. The number of alkyl halides is 3. The quantitative estimate of drug-likeness (QED) is 0.388. The van der Waals surface area contributed by atoms with E-state index >= 15 is 0 Å². The number of sulfonamides is 1. The van der Waals surface area contributed by atoms with Crippen molar-refractivity contribution < 1.29 is 26.3 Å². The normalized spacial score (nSPS) is 11.9. The summed E-state index contributed by atoms with van der Waals surface area (Å²) >= 11 is 0. The Hall–Kier alpha value is -3.93. The number of benzene rings is 2. The van der Waals surface area contributed by atoms with Gasteiger partial charge in [-0.05, 0) is 63.2 Å². The van der Waals surface area contributed by atoms with Crippen LogP contribution in [0, 0.1) is 20.8 Å². The molecule has 0 saturated carbocycles. The lowest BCUT2D eigenvalue weighted by Gasteiger charge is -2.12. The predicted octanol–water partition coefficient (Wildman–Crippen LogP) is 5.20. The van der Waals surface area contributed by atoms with Gasteiger partial charge in [0.2, 0.25) is 5.88 Å². The second kappa shape index (κ2) is 9.02. The molecule has 0 aliphatic rings. The maximum atomic E-state index is 12.9. The smallest absolute Gasteiger partial charge is 0.416 e. The van der Waals surface area contributed by atoms with Crippen LogP contribution >= 0.6 is 0 Å². The summed E-state index contributed by atoms with van der Waals surface area (Å²) in [5, 5.41) is 0. The van der Waals surface area contributed by atoms with E-state index in [4.69, 9.17) is 4.74 Å². The zero-order valence-electron chi connectivity index (χ0n) is 18.8. The van der Waals surface area contributed by atoms with Crippen LogP contribution in [0.5, 0.6) is 11.6 Å². The lowest BCUT2D eigenvalue weighted by atomic mass is 10.2. The van der Waals surface area contributed by atoms with Crippen molar-refractivity contribution in [2.75, 3.05) is 4.72 Å². The molecule has 182 valence electrons. The zero-order chi connectivity index (χ0) is 25.4. The van der Waals surface area contributed by atoms with Crippen molar-refractivity contribution in [2.45, 2.75) is 31.8 Å². The number of aryl methyl sites for hydroxylation is 2. The summed E-state index contributed by atoms with van der Waals surface area (Å²) in [4.78, 5) is 12.4. The highest BCUT2D eigenvalue weighted by Gasteiger charge is 2.31. The van der Waals surface area contributed by atoms with Gasteiger partial charge in [-0.2, -0.15) is 18.2 Å². The summed E-state index contributed by atoms with van der Waals surface area (Å²) in [5.74, 6) is 1.70. The number of rotatable bonds is 6. The first-order valence-corrected chi connectivity index (χ1v) is 11.8. The van der Waals surface area contributed by atoms with E-state index < -0.39 is 26.7 Å². The molecule has 2 heterocycles. The molecule has 0 unspecified atom stereocenters. The third-order valence-electron chi connectivity index (χ3n) is 5.10. The fraction of sp³-hybridized carbons (Fsp3) is 0.174. The first kappa shape index (κ1) is 24.2. The molecular weight excluding hydrogens is 483 g/mol. The Morgan fingerprint density at radius 3 is 2.31 bits per heavy atom. The van der Waals surface area contributed by atoms with Crippen molar-refractivity contribution in [1.82, 2.24) is 19.5 Å². The lowest BCUT2D eigenvalue weighted by Crippen LogP contribution is -2.14. The molecule has 0 spiro atoms. The molecule has 1 N–H and O–H groups in total. The maximum Gasteiger partial charge on any atom is 0.416 e. The zero-order valence-corrected chi connectivity index (χ0v) is 19.6. The minimum Gasteiger partial charge on any atom is -0.439 e. The van der Waals surface area contributed by atoms with Gasteiger partial charge in [0.1, 0.15) is 23.7 Å². The Balaban J connectivity index is 1.52. The van der Waals surface area contributed by atoms with Crippen molar-refractivity contribution in [1.29, 1.82) is 0 Å². The van der Waals surface area contributed by atoms with Crippen LogP contribution in [0.1, 0.15) is 22.8 Å². The molecule has 0 amide bonds. The number of imidazole rings is 1. The number of nitrogens with zero attached hydrogens (tertiary/aromatic N) is 4. The van der Waals surface area contributed by atoms with E-state index in [0.717, 1.165) is 29.6 Å². The topological polar surface area (TPSA) is 99.0 Å². The minimum atomic E-state index is -4.65. The van der Waals surface area contributed by atoms with Gasteiger partial charge < -0.3 is 4.74 Å². The monoisotopic (exact) mass is 503 g/mol. The van der Waals surface area contributed by atoms with Gasteiger partial charge in [-0.3, -0.25) is 9.29 Å². The van der Waals surface area contributed by atoms with E-state index in [1.807, 2.05) is 18.4 Å². The molecule has 0 bridgehead atoms. The molecule has 4 aromatic rings. The molecule has 0 saturated heterocycles. The molecule has 0 fully saturated rings. The molecule has 2 aromatic heterocycles. The SMILES string of the molecule is Cc1nc(Oc2ccc(NS(=O)(=O)c3cccc(C(F)(F)F)c3)cc2)cc(-n2cnc(C)c2C)n1. The van der Waals surface area contributed by atoms with Gasteiger partial charge in [0, 0.05) is 17.4 Å². The van der Waals surface area contributed by atoms with Crippen LogP contribution in [0.2, 0.25) is 0 Å². The first-order chi connectivity index (χ1) is 16.4. The van der Waals surface area contributed by atoms with Crippen LogP contribution in [0.3, 0.4) is 0 Å². The van der Waals surface area contributed by atoms with Gasteiger partial charge in [-0.15, -0.1) is 0 Å². The number of halogens is 3. The maximum absolute atomic E-state index is 12.9. The van der Waals surface area contributed by atoms with E-state index in [9.17, 15) is 21.6 Å². The Morgan fingerprint density at radius 2 is 1.69 bits per heavy atom. The molecule has 0 radical (unpaired) electrons.